The van der Waals surface area contributed by atoms with Crippen molar-refractivity contribution in [3.05, 3.63) is 48.3 Å². The van der Waals surface area contributed by atoms with Crippen LogP contribution < -0.4 is 10.1 Å². The molecule has 0 spiro atoms. The van der Waals surface area contributed by atoms with Gasteiger partial charge in [0.1, 0.15) is 24.0 Å². The number of rotatable bonds is 8. The maximum Gasteiger partial charge on any atom is 0.193 e. The highest BCUT2D eigenvalue weighted by atomic mass is 127. The second-order valence-electron chi connectivity index (χ2n) is 6.51. The monoisotopic (exact) mass is 489 g/mol. The molecular weight excluding hydrogens is 460 g/mol. The Morgan fingerprint density at radius 1 is 1.33 bits per heavy atom. The van der Waals surface area contributed by atoms with Crippen molar-refractivity contribution in [2.45, 2.75) is 26.9 Å². The topological polar surface area (TPSA) is 54.7 Å². The molecule has 0 bridgehead atoms. The van der Waals surface area contributed by atoms with E-state index in [1.165, 1.54) is 12.1 Å². The van der Waals surface area contributed by atoms with Crippen LogP contribution in [0, 0.1) is 11.7 Å². The first-order chi connectivity index (χ1) is 12.5. The Morgan fingerprint density at radius 3 is 2.67 bits per heavy atom. The molecule has 0 aliphatic rings. The van der Waals surface area contributed by atoms with Crippen molar-refractivity contribution >= 4 is 29.9 Å². The van der Waals surface area contributed by atoms with Crippen LogP contribution in [0.1, 0.15) is 19.7 Å². The van der Waals surface area contributed by atoms with Crippen molar-refractivity contribution in [1.29, 1.82) is 0 Å². The van der Waals surface area contributed by atoms with Crippen LogP contribution >= 0.6 is 24.0 Å². The van der Waals surface area contributed by atoms with Gasteiger partial charge in [-0.3, -0.25) is 4.99 Å². The van der Waals surface area contributed by atoms with Crippen LogP contribution in [0.3, 0.4) is 0 Å². The number of nitrogens with one attached hydrogen (secondary N) is 1. The number of aromatic nitrogens is 2. The van der Waals surface area contributed by atoms with Crippen LogP contribution in [0.25, 0.3) is 0 Å². The minimum Gasteiger partial charge on any atom is -0.492 e. The highest BCUT2D eigenvalue weighted by Crippen LogP contribution is 2.10. The van der Waals surface area contributed by atoms with Crippen molar-refractivity contribution in [1.82, 2.24) is 19.8 Å². The summed E-state index contributed by atoms with van der Waals surface area (Å²) in [4.78, 5) is 10.7. The molecule has 8 heteroatoms. The number of ether oxygens (including phenoxy) is 1. The Morgan fingerprint density at radius 2 is 2.04 bits per heavy atom. The second kappa shape index (κ2) is 11.8. The molecule has 0 fully saturated rings. The van der Waals surface area contributed by atoms with Gasteiger partial charge in [0, 0.05) is 33.0 Å². The fourth-order valence-corrected chi connectivity index (χ4v) is 2.55. The number of guanidine groups is 1. The molecule has 1 aromatic carbocycles. The number of nitrogens with zero attached hydrogens (tertiary/aromatic N) is 4. The molecular formula is C19H29FIN5O. The van der Waals surface area contributed by atoms with Gasteiger partial charge in [-0.2, -0.15) is 0 Å². The first-order valence-corrected chi connectivity index (χ1v) is 8.79. The lowest BCUT2D eigenvalue weighted by atomic mass is 10.2. The standard InChI is InChI=1S/C19H28FN5O.HI/c1-15(2)14-25-10-9-22-18(25)13-23-19(21-3)24(4)11-12-26-17-7-5-16(20)6-8-17;/h5-10,15H,11-14H2,1-4H3,(H,21,23);1H. The Hall–Kier alpha value is -1.84. The van der Waals surface area contributed by atoms with Crippen molar-refractivity contribution < 1.29 is 9.13 Å². The van der Waals surface area contributed by atoms with E-state index in [-0.39, 0.29) is 29.8 Å². The second-order valence-corrected chi connectivity index (χ2v) is 6.51. The minimum atomic E-state index is -0.269. The average molecular weight is 489 g/mol. The van der Waals surface area contributed by atoms with Crippen LogP contribution in [-0.4, -0.2) is 47.7 Å². The van der Waals surface area contributed by atoms with Gasteiger partial charge in [0.25, 0.3) is 0 Å². The molecule has 2 aromatic rings. The predicted octanol–water partition coefficient (Wildman–Crippen LogP) is 3.38. The minimum absolute atomic E-state index is 0. The summed E-state index contributed by atoms with van der Waals surface area (Å²) in [7, 11) is 3.70. The van der Waals surface area contributed by atoms with Crippen molar-refractivity contribution in [3.8, 4) is 5.75 Å². The fraction of sp³-hybridized carbons (Fsp3) is 0.474. The smallest absolute Gasteiger partial charge is 0.193 e. The third-order valence-electron chi connectivity index (χ3n) is 3.85. The summed E-state index contributed by atoms with van der Waals surface area (Å²) >= 11 is 0. The van der Waals surface area contributed by atoms with Crippen molar-refractivity contribution in [2.75, 3.05) is 27.2 Å². The summed E-state index contributed by atoms with van der Waals surface area (Å²) in [6.45, 7) is 7.05. The summed E-state index contributed by atoms with van der Waals surface area (Å²) in [5.41, 5.74) is 0. The number of likely N-dealkylation sites (N-methyl/N-ethyl adjacent to an activating group) is 1. The summed E-state index contributed by atoms with van der Waals surface area (Å²) < 4.78 is 20.7. The number of hydrogen-bond acceptors (Lipinski definition) is 3. The Labute approximate surface area is 177 Å². The van der Waals surface area contributed by atoms with E-state index in [0.717, 1.165) is 18.3 Å². The van der Waals surface area contributed by atoms with E-state index >= 15 is 0 Å². The van der Waals surface area contributed by atoms with Crippen molar-refractivity contribution in [2.24, 2.45) is 10.9 Å². The summed E-state index contributed by atoms with van der Waals surface area (Å²) in [5.74, 6) is 2.70. The van der Waals surface area contributed by atoms with Crippen LogP contribution in [0.4, 0.5) is 4.39 Å². The van der Waals surface area contributed by atoms with Gasteiger partial charge in [-0.05, 0) is 30.2 Å². The zero-order valence-corrected chi connectivity index (χ0v) is 18.7. The third kappa shape index (κ3) is 7.74. The predicted molar refractivity (Wildman–Crippen MR) is 117 cm³/mol. The number of halogens is 2. The normalized spacial score (nSPS) is 11.3. The lowest BCUT2D eigenvalue weighted by Crippen LogP contribution is -2.40. The molecule has 0 aliphatic heterocycles. The number of aliphatic imine (C=N–C) groups is 1. The molecule has 1 heterocycles. The van der Waals surface area contributed by atoms with E-state index < -0.39 is 0 Å². The van der Waals surface area contributed by atoms with E-state index in [4.69, 9.17) is 4.74 Å². The molecule has 1 aromatic heterocycles. The van der Waals surface area contributed by atoms with Gasteiger partial charge in [-0.25, -0.2) is 9.37 Å². The summed E-state index contributed by atoms with van der Waals surface area (Å²) in [5, 5.41) is 3.33. The fourth-order valence-electron chi connectivity index (χ4n) is 2.55. The molecule has 0 radical (unpaired) electrons. The van der Waals surface area contributed by atoms with Gasteiger partial charge >= 0.3 is 0 Å². The molecule has 27 heavy (non-hydrogen) atoms. The lowest BCUT2D eigenvalue weighted by Gasteiger charge is -2.22. The zero-order chi connectivity index (χ0) is 18.9. The molecule has 0 saturated carbocycles. The van der Waals surface area contributed by atoms with Gasteiger partial charge in [0.15, 0.2) is 5.96 Å². The quantitative estimate of drug-likeness (QED) is 0.351. The van der Waals surface area contributed by atoms with Crippen LogP contribution in [0.2, 0.25) is 0 Å². The Balaban J connectivity index is 0.00000364. The number of hydrogen-bond donors (Lipinski definition) is 1. The highest BCUT2D eigenvalue weighted by Gasteiger charge is 2.09. The molecule has 6 nitrogen and oxygen atoms in total. The molecule has 1 N–H and O–H groups in total. The van der Waals surface area contributed by atoms with E-state index in [1.54, 1.807) is 19.2 Å². The van der Waals surface area contributed by atoms with Crippen LogP contribution in [0.5, 0.6) is 5.75 Å². The highest BCUT2D eigenvalue weighted by molar-refractivity contribution is 14.0. The third-order valence-corrected chi connectivity index (χ3v) is 3.85. The molecule has 0 unspecified atom stereocenters. The molecule has 0 saturated heterocycles. The largest absolute Gasteiger partial charge is 0.492 e. The van der Waals surface area contributed by atoms with E-state index in [2.05, 4.69) is 33.7 Å². The maximum atomic E-state index is 12.9. The molecule has 2 rings (SSSR count). The van der Waals surface area contributed by atoms with Gasteiger partial charge in [-0.15, -0.1) is 24.0 Å². The van der Waals surface area contributed by atoms with Gasteiger partial charge < -0.3 is 19.5 Å². The Kier molecular flexibility index (Phi) is 10.1. The van der Waals surface area contributed by atoms with Crippen molar-refractivity contribution in [3.63, 3.8) is 0 Å². The van der Waals surface area contributed by atoms with Crippen LogP contribution in [0.15, 0.2) is 41.7 Å². The average Bonchev–Trinajstić information content (AvgIpc) is 3.03. The van der Waals surface area contributed by atoms with Gasteiger partial charge in [0.2, 0.25) is 0 Å². The summed E-state index contributed by atoms with van der Waals surface area (Å²) in [6.07, 6.45) is 3.82. The number of imidazole rings is 1. The van der Waals surface area contributed by atoms with E-state index in [1.807, 2.05) is 24.3 Å². The van der Waals surface area contributed by atoms with Gasteiger partial charge in [-0.1, -0.05) is 13.8 Å². The maximum absolute atomic E-state index is 12.9. The molecule has 0 aliphatic carbocycles. The first-order valence-electron chi connectivity index (χ1n) is 8.79. The molecule has 0 atom stereocenters. The zero-order valence-electron chi connectivity index (χ0n) is 16.4. The van der Waals surface area contributed by atoms with E-state index in [0.29, 0.717) is 31.4 Å². The Bertz CT molecular complexity index is 702. The molecule has 0 amide bonds. The number of benzene rings is 1. The van der Waals surface area contributed by atoms with E-state index in [9.17, 15) is 4.39 Å². The first kappa shape index (κ1) is 23.2. The van der Waals surface area contributed by atoms with Crippen LogP contribution in [-0.2, 0) is 13.1 Å². The SMILES string of the molecule is CN=C(NCc1nccn1CC(C)C)N(C)CCOc1ccc(F)cc1.I. The molecule has 150 valence electrons. The summed E-state index contributed by atoms with van der Waals surface area (Å²) in [6, 6.07) is 6.02. The lowest BCUT2D eigenvalue weighted by molar-refractivity contribution is 0.281. The van der Waals surface area contributed by atoms with Gasteiger partial charge in [0.05, 0.1) is 13.1 Å².